The van der Waals surface area contributed by atoms with E-state index in [0.717, 1.165) is 55.5 Å². The molecule has 0 radical (unpaired) electrons. The molecule has 0 bridgehead atoms. The third-order valence-electron chi connectivity index (χ3n) is 6.92. The average molecular weight is 406 g/mol. The molecule has 1 aliphatic carbocycles. The van der Waals surface area contributed by atoms with Crippen LogP contribution in [0.5, 0.6) is 0 Å². The molecule has 4 rings (SSSR count). The number of nitrogens with zero attached hydrogens (tertiary/aromatic N) is 1. The van der Waals surface area contributed by atoms with E-state index in [1.807, 2.05) is 12.1 Å². The molecule has 4 N–H and O–H groups in total. The first-order chi connectivity index (χ1) is 14.5. The van der Waals surface area contributed by atoms with Crippen molar-refractivity contribution in [2.45, 2.75) is 51.0 Å². The van der Waals surface area contributed by atoms with Crippen molar-refractivity contribution < 1.29 is 14.8 Å². The molecule has 2 aromatic carbocycles. The van der Waals surface area contributed by atoms with Crippen molar-refractivity contribution in [3.8, 4) is 0 Å². The Morgan fingerprint density at radius 1 is 1.17 bits per heavy atom. The van der Waals surface area contributed by atoms with E-state index in [1.54, 1.807) is 6.07 Å². The zero-order chi connectivity index (χ0) is 21.3. The number of likely N-dealkylation sites (tertiary alicyclic amines) is 1. The second kappa shape index (κ2) is 8.92. The molecule has 6 heteroatoms. The number of carbonyl (C=O) groups is 1. The zero-order valence-corrected chi connectivity index (χ0v) is 17.6. The molecular weight excluding hydrogens is 375 g/mol. The average Bonchev–Trinajstić information content (AvgIpc) is 2.78. The fourth-order valence-corrected chi connectivity index (χ4v) is 5.17. The lowest BCUT2D eigenvalue weighted by Gasteiger charge is -2.37. The summed E-state index contributed by atoms with van der Waals surface area (Å²) in [4.78, 5) is 15.3. The van der Waals surface area contributed by atoms with Gasteiger partial charge in [-0.25, -0.2) is 0 Å². The molecule has 5 nitrogen and oxygen atoms in total. The van der Waals surface area contributed by atoms with Gasteiger partial charge in [0.05, 0.1) is 0 Å². The molecule has 2 aliphatic rings. The molecule has 0 spiro atoms. The maximum atomic E-state index is 13.3. The van der Waals surface area contributed by atoms with Gasteiger partial charge in [-0.3, -0.25) is 4.79 Å². The van der Waals surface area contributed by atoms with Crippen molar-refractivity contribution in [1.82, 2.24) is 4.90 Å². The van der Waals surface area contributed by atoms with Gasteiger partial charge in [0, 0.05) is 25.6 Å². The Hall–Kier alpha value is -2.15. The molecule has 1 heterocycles. The van der Waals surface area contributed by atoms with Gasteiger partial charge in [-0.05, 0) is 65.2 Å². The Kier molecular flexibility index (Phi) is 6.28. The first-order valence-electron chi connectivity index (χ1n) is 11.0. The lowest BCUT2D eigenvalue weighted by atomic mass is 9.72. The van der Waals surface area contributed by atoms with Gasteiger partial charge < -0.3 is 20.7 Å². The quantitative estimate of drug-likeness (QED) is 0.677. The Labute approximate surface area is 179 Å². The third kappa shape index (κ3) is 4.31. The highest BCUT2D eigenvalue weighted by molar-refractivity contribution is 6.58. The molecule has 2 unspecified atom stereocenters. The molecule has 30 heavy (non-hydrogen) atoms. The van der Waals surface area contributed by atoms with Crippen molar-refractivity contribution in [2.24, 2.45) is 11.7 Å². The van der Waals surface area contributed by atoms with Crippen LogP contribution in [0.3, 0.4) is 0 Å². The standard InChI is InChI=1S/C24H31BN2O3/c1-16-11-21(13-20-5-6-22(25(29)30)14-23(16)20)24(28)27-9-7-18(8-10-27)19-4-2-3-17(12-19)15-26/h2-6,12,14,16,18,21,29-30H,7-11,13,15,26H2,1H3. The summed E-state index contributed by atoms with van der Waals surface area (Å²) in [6.07, 6.45) is 3.54. The summed E-state index contributed by atoms with van der Waals surface area (Å²) in [5.74, 6) is 1.01. The molecule has 1 aliphatic heterocycles. The van der Waals surface area contributed by atoms with Crippen molar-refractivity contribution in [3.05, 3.63) is 64.7 Å². The van der Waals surface area contributed by atoms with Crippen LogP contribution < -0.4 is 11.2 Å². The number of amides is 1. The van der Waals surface area contributed by atoms with Gasteiger partial charge in [-0.2, -0.15) is 0 Å². The van der Waals surface area contributed by atoms with E-state index in [2.05, 4.69) is 36.1 Å². The van der Waals surface area contributed by atoms with E-state index in [9.17, 15) is 14.8 Å². The molecule has 2 aromatic rings. The van der Waals surface area contributed by atoms with Gasteiger partial charge in [0.25, 0.3) is 0 Å². The molecule has 1 fully saturated rings. The number of carbonyl (C=O) groups excluding carboxylic acids is 1. The normalized spacial score (nSPS) is 21.9. The predicted molar refractivity (Wildman–Crippen MR) is 119 cm³/mol. The minimum absolute atomic E-state index is 0.00881. The summed E-state index contributed by atoms with van der Waals surface area (Å²) >= 11 is 0. The van der Waals surface area contributed by atoms with E-state index in [4.69, 9.17) is 5.73 Å². The molecule has 158 valence electrons. The lowest BCUT2D eigenvalue weighted by Crippen LogP contribution is -2.43. The van der Waals surface area contributed by atoms with Crippen LogP contribution in [-0.4, -0.2) is 41.1 Å². The largest absolute Gasteiger partial charge is 0.488 e. The molecule has 0 aromatic heterocycles. The monoisotopic (exact) mass is 406 g/mol. The third-order valence-corrected chi connectivity index (χ3v) is 6.92. The fraction of sp³-hybridized carbons (Fsp3) is 0.458. The summed E-state index contributed by atoms with van der Waals surface area (Å²) < 4.78 is 0. The first-order valence-corrected chi connectivity index (χ1v) is 11.0. The van der Waals surface area contributed by atoms with Crippen LogP contribution in [0.1, 0.15) is 60.3 Å². The molecule has 1 amide bonds. The number of rotatable bonds is 4. The zero-order valence-electron chi connectivity index (χ0n) is 17.6. The highest BCUT2D eigenvalue weighted by Gasteiger charge is 2.34. The summed E-state index contributed by atoms with van der Waals surface area (Å²) in [5, 5.41) is 18.9. The number of hydrogen-bond donors (Lipinski definition) is 3. The van der Waals surface area contributed by atoms with Gasteiger partial charge in [0.2, 0.25) is 5.91 Å². The van der Waals surface area contributed by atoms with Gasteiger partial charge in [0.1, 0.15) is 0 Å². The highest BCUT2D eigenvalue weighted by atomic mass is 16.4. The van der Waals surface area contributed by atoms with E-state index in [-0.39, 0.29) is 17.7 Å². The number of piperidine rings is 1. The second-order valence-electron chi connectivity index (χ2n) is 8.92. The minimum Gasteiger partial charge on any atom is -0.423 e. The van der Waals surface area contributed by atoms with Crippen molar-refractivity contribution in [1.29, 1.82) is 0 Å². The maximum absolute atomic E-state index is 13.3. The Balaban J connectivity index is 1.40. The van der Waals surface area contributed by atoms with Crippen LogP contribution in [0.15, 0.2) is 42.5 Å². The second-order valence-corrected chi connectivity index (χ2v) is 8.92. The summed E-state index contributed by atoms with van der Waals surface area (Å²) in [6, 6.07) is 14.1. The Morgan fingerprint density at radius 2 is 1.93 bits per heavy atom. The predicted octanol–water partition coefficient (Wildman–Crippen LogP) is 1.90. The Morgan fingerprint density at radius 3 is 2.63 bits per heavy atom. The lowest BCUT2D eigenvalue weighted by molar-refractivity contribution is -0.137. The summed E-state index contributed by atoms with van der Waals surface area (Å²) in [5.41, 5.74) is 11.1. The number of fused-ring (bicyclic) bond motifs is 1. The van der Waals surface area contributed by atoms with E-state index < -0.39 is 7.12 Å². The van der Waals surface area contributed by atoms with Gasteiger partial charge in [-0.1, -0.05) is 49.4 Å². The smallest absolute Gasteiger partial charge is 0.423 e. The van der Waals surface area contributed by atoms with Crippen LogP contribution in [0.25, 0.3) is 0 Å². The van der Waals surface area contributed by atoms with Crippen LogP contribution in [0, 0.1) is 5.92 Å². The summed E-state index contributed by atoms with van der Waals surface area (Å²) in [6.45, 7) is 4.31. The van der Waals surface area contributed by atoms with Crippen molar-refractivity contribution in [3.63, 3.8) is 0 Å². The SMILES string of the molecule is CC1CC(C(=O)N2CCC(c3cccc(CN)c3)CC2)Cc2ccc(B(O)O)cc21. The first kappa shape index (κ1) is 21.1. The molecule has 1 saturated heterocycles. The Bertz CT molecular complexity index is 909. The highest BCUT2D eigenvalue weighted by Crippen LogP contribution is 2.36. The topological polar surface area (TPSA) is 86.8 Å². The van der Waals surface area contributed by atoms with E-state index in [0.29, 0.717) is 17.9 Å². The minimum atomic E-state index is -1.45. The van der Waals surface area contributed by atoms with Crippen molar-refractivity contribution in [2.75, 3.05) is 13.1 Å². The number of nitrogens with two attached hydrogens (primary N) is 1. The van der Waals surface area contributed by atoms with Gasteiger partial charge in [-0.15, -0.1) is 0 Å². The van der Waals surface area contributed by atoms with Crippen LogP contribution in [0.4, 0.5) is 0 Å². The van der Waals surface area contributed by atoms with E-state index >= 15 is 0 Å². The maximum Gasteiger partial charge on any atom is 0.488 e. The number of benzene rings is 2. The van der Waals surface area contributed by atoms with Gasteiger partial charge in [0.15, 0.2) is 0 Å². The fourth-order valence-electron chi connectivity index (χ4n) is 5.17. The van der Waals surface area contributed by atoms with Gasteiger partial charge >= 0.3 is 7.12 Å². The molecule has 2 atom stereocenters. The van der Waals surface area contributed by atoms with Crippen LogP contribution in [0.2, 0.25) is 0 Å². The number of hydrogen-bond acceptors (Lipinski definition) is 4. The molecule has 0 saturated carbocycles. The van der Waals surface area contributed by atoms with Crippen LogP contribution in [-0.2, 0) is 17.8 Å². The molecular formula is C24H31BN2O3. The van der Waals surface area contributed by atoms with Crippen molar-refractivity contribution >= 4 is 18.5 Å². The van der Waals surface area contributed by atoms with E-state index in [1.165, 1.54) is 5.56 Å². The summed E-state index contributed by atoms with van der Waals surface area (Å²) in [7, 11) is -1.45. The van der Waals surface area contributed by atoms with Crippen LogP contribution >= 0.6 is 0 Å².